The van der Waals surface area contributed by atoms with Crippen LogP contribution in [0.25, 0.3) is 0 Å². The number of aromatic hydroxyl groups is 2. The monoisotopic (exact) mass is 435 g/mol. The maximum absolute atomic E-state index is 12.4. The fraction of sp³-hybridized carbons (Fsp3) is 0.0714. The van der Waals surface area contributed by atoms with Crippen molar-refractivity contribution in [2.24, 2.45) is 0 Å². The Hall–Kier alpha value is -1.97. The van der Waals surface area contributed by atoms with Crippen LogP contribution in [0, 0.1) is 0 Å². The summed E-state index contributed by atoms with van der Waals surface area (Å²) in [5.74, 6) is -2.02. The quantitative estimate of drug-likeness (QED) is 0.501. The zero-order valence-corrected chi connectivity index (χ0v) is 15.2. The van der Waals surface area contributed by atoms with E-state index in [1.807, 2.05) is 0 Å². The second kappa shape index (κ2) is 6.88. The lowest BCUT2D eigenvalue weighted by atomic mass is 10.2. The van der Waals surface area contributed by atoms with Gasteiger partial charge in [0, 0.05) is 9.50 Å². The third-order valence-corrected chi connectivity index (χ3v) is 5.04. The van der Waals surface area contributed by atoms with Gasteiger partial charge < -0.3 is 14.9 Å². The number of halogens is 2. The molecule has 2 aromatic carbocycles. The summed E-state index contributed by atoms with van der Waals surface area (Å²) in [6, 6.07) is 6.09. The van der Waals surface area contributed by atoms with Gasteiger partial charge in [0.05, 0.1) is 12.8 Å². The van der Waals surface area contributed by atoms with Crippen molar-refractivity contribution in [3.05, 3.63) is 45.4 Å². The van der Waals surface area contributed by atoms with Crippen molar-refractivity contribution in [3.8, 4) is 11.5 Å². The molecule has 0 atom stereocenters. The van der Waals surface area contributed by atoms with Gasteiger partial charge in [-0.1, -0.05) is 27.5 Å². The van der Waals surface area contributed by atoms with E-state index in [-0.39, 0.29) is 16.3 Å². The molecule has 0 heterocycles. The first-order chi connectivity index (χ1) is 11.2. The predicted octanol–water partition coefficient (Wildman–Crippen LogP) is 3.10. The Morgan fingerprint density at radius 1 is 1.25 bits per heavy atom. The molecule has 0 saturated heterocycles. The Morgan fingerprint density at radius 2 is 1.92 bits per heavy atom. The van der Waals surface area contributed by atoms with E-state index in [1.54, 1.807) is 0 Å². The Kier molecular flexibility index (Phi) is 5.26. The molecule has 0 unspecified atom stereocenters. The molecule has 0 aliphatic heterocycles. The van der Waals surface area contributed by atoms with Crippen LogP contribution in [-0.2, 0) is 14.8 Å². The summed E-state index contributed by atoms with van der Waals surface area (Å²) in [5, 5.41) is 19.8. The van der Waals surface area contributed by atoms with Gasteiger partial charge >= 0.3 is 5.97 Å². The minimum Gasteiger partial charge on any atom is -0.507 e. The van der Waals surface area contributed by atoms with Gasteiger partial charge in [-0.2, -0.15) is 0 Å². The van der Waals surface area contributed by atoms with Crippen LogP contribution in [0.5, 0.6) is 11.5 Å². The van der Waals surface area contributed by atoms with Crippen molar-refractivity contribution in [1.82, 2.24) is 0 Å². The molecule has 0 aliphatic carbocycles. The lowest BCUT2D eigenvalue weighted by molar-refractivity contribution is 0.0597. The fourth-order valence-corrected chi connectivity index (χ4v) is 3.76. The van der Waals surface area contributed by atoms with Crippen molar-refractivity contribution in [2.45, 2.75) is 4.90 Å². The second-order valence-corrected chi connectivity index (χ2v) is 7.56. The number of benzene rings is 2. The highest BCUT2D eigenvalue weighted by Crippen LogP contribution is 2.35. The van der Waals surface area contributed by atoms with Gasteiger partial charge in [0.25, 0.3) is 10.0 Å². The van der Waals surface area contributed by atoms with Gasteiger partial charge in [-0.25, -0.2) is 13.2 Å². The molecule has 128 valence electrons. The molecule has 7 nitrogen and oxygen atoms in total. The van der Waals surface area contributed by atoms with E-state index in [0.717, 1.165) is 19.2 Å². The number of phenols is 2. The maximum Gasteiger partial charge on any atom is 0.341 e. The van der Waals surface area contributed by atoms with Gasteiger partial charge in [0.2, 0.25) is 0 Å². The summed E-state index contributed by atoms with van der Waals surface area (Å²) < 4.78 is 31.9. The highest BCUT2D eigenvalue weighted by Gasteiger charge is 2.23. The van der Waals surface area contributed by atoms with Crippen molar-refractivity contribution in [1.29, 1.82) is 0 Å². The zero-order chi connectivity index (χ0) is 18.1. The SMILES string of the molecule is COC(=O)c1cc(Cl)cc(NS(=O)(=O)c2cc(Br)ccc2O)c1O. The van der Waals surface area contributed by atoms with Crippen molar-refractivity contribution >= 4 is 49.2 Å². The number of phenolic OH excluding ortho intramolecular Hbond substituents is 2. The maximum atomic E-state index is 12.4. The highest BCUT2D eigenvalue weighted by atomic mass is 79.9. The van der Waals surface area contributed by atoms with Crippen LogP contribution in [0.15, 0.2) is 39.7 Å². The van der Waals surface area contributed by atoms with Gasteiger partial charge in [0.15, 0.2) is 5.75 Å². The summed E-state index contributed by atoms with van der Waals surface area (Å²) >= 11 is 8.95. The third-order valence-electron chi connectivity index (χ3n) is 2.94. The van der Waals surface area contributed by atoms with Crippen molar-refractivity contribution in [2.75, 3.05) is 11.8 Å². The van der Waals surface area contributed by atoms with Gasteiger partial charge in [-0.3, -0.25) is 4.72 Å². The number of esters is 1. The first-order valence-electron chi connectivity index (χ1n) is 6.28. The van der Waals surface area contributed by atoms with E-state index in [4.69, 9.17) is 11.6 Å². The first kappa shape index (κ1) is 18.4. The van der Waals surface area contributed by atoms with Crippen LogP contribution in [0.4, 0.5) is 5.69 Å². The molecule has 0 saturated carbocycles. The van der Waals surface area contributed by atoms with Gasteiger partial charge in [-0.15, -0.1) is 0 Å². The molecule has 3 N–H and O–H groups in total. The van der Waals surface area contributed by atoms with Crippen molar-refractivity contribution in [3.63, 3.8) is 0 Å². The summed E-state index contributed by atoms with van der Waals surface area (Å²) in [6.45, 7) is 0. The van der Waals surface area contributed by atoms with Crippen LogP contribution in [0.2, 0.25) is 5.02 Å². The molecule has 0 spiro atoms. The van der Waals surface area contributed by atoms with Gasteiger partial charge in [-0.05, 0) is 30.3 Å². The van der Waals surface area contributed by atoms with Crippen molar-refractivity contribution < 1.29 is 28.2 Å². The Bertz CT molecular complexity index is 916. The Morgan fingerprint density at radius 3 is 2.54 bits per heavy atom. The van der Waals surface area contributed by atoms with E-state index in [1.165, 1.54) is 18.2 Å². The molecular weight excluding hydrogens is 426 g/mol. The number of anilines is 1. The lowest BCUT2D eigenvalue weighted by Gasteiger charge is -2.13. The number of rotatable bonds is 4. The number of sulfonamides is 1. The highest BCUT2D eigenvalue weighted by molar-refractivity contribution is 9.10. The average molecular weight is 437 g/mol. The standard InChI is InChI=1S/C14H11BrClNO6S/c1-23-14(20)9-5-8(16)6-10(13(9)19)17-24(21,22)12-4-7(15)2-3-11(12)18/h2-6,17-19H,1H3. The smallest absolute Gasteiger partial charge is 0.341 e. The fourth-order valence-electron chi connectivity index (χ4n) is 1.85. The molecular formula is C14H11BrClNO6S. The second-order valence-electron chi connectivity index (χ2n) is 4.56. The third kappa shape index (κ3) is 3.74. The summed E-state index contributed by atoms with van der Waals surface area (Å²) in [5.41, 5.74) is -0.636. The number of methoxy groups -OCH3 is 1. The first-order valence-corrected chi connectivity index (χ1v) is 8.93. The lowest BCUT2D eigenvalue weighted by Crippen LogP contribution is -2.14. The number of ether oxygens (including phenoxy) is 1. The largest absolute Gasteiger partial charge is 0.507 e. The number of carbonyl (C=O) groups excluding carboxylic acids is 1. The van der Waals surface area contributed by atoms with Crippen LogP contribution < -0.4 is 4.72 Å². The molecule has 0 aliphatic rings. The molecule has 0 amide bonds. The molecule has 0 radical (unpaired) electrons. The molecule has 0 aromatic heterocycles. The number of hydrogen-bond acceptors (Lipinski definition) is 6. The van der Waals surface area contributed by atoms with E-state index in [2.05, 4.69) is 25.4 Å². The Balaban J connectivity index is 2.52. The molecule has 2 rings (SSSR count). The van der Waals surface area contributed by atoms with E-state index in [9.17, 15) is 23.4 Å². The molecule has 0 fully saturated rings. The van der Waals surface area contributed by atoms with E-state index < -0.39 is 32.4 Å². The Labute approximate surface area is 151 Å². The van der Waals surface area contributed by atoms with Gasteiger partial charge in [0.1, 0.15) is 16.2 Å². The van der Waals surface area contributed by atoms with Crippen LogP contribution in [0.1, 0.15) is 10.4 Å². The number of hydrogen-bond donors (Lipinski definition) is 3. The molecule has 24 heavy (non-hydrogen) atoms. The minimum atomic E-state index is -4.26. The van der Waals surface area contributed by atoms with E-state index in [0.29, 0.717) is 4.47 Å². The van der Waals surface area contributed by atoms with Crippen LogP contribution in [-0.4, -0.2) is 31.7 Å². The molecule has 2 aromatic rings. The predicted molar refractivity (Wildman–Crippen MR) is 91.1 cm³/mol. The number of nitrogens with one attached hydrogen (secondary N) is 1. The molecule has 0 bridgehead atoms. The normalized spacial score (nSPS) is 11.1. The minimum absolute atomic E-state index is 0.00404. The number of carbonyl (C=O) groups is 1. The zero-order valence-electron chi connectivity index (χ0n) is 12.1. The summed E-state index contributed by atoms with van der Waals surface area (Å²) in [4.78, 5) is 11.2. The van der Waals surface area contributed by atoms with Crippen LogP contribution in [0.3, 0.4) is 0 Å². The molecule has 10 heteroatoms. The average Bonchev–Trinajstić information content (AvgIpc) is 2.51. The summed E-state index contributed by atoms with van der Waals surface area (Å²) in [7, 11) is -3.15. The van der Waals surface area contributed by atoms with Crippen LogP contribution >= 0.6 is 27.5 Å². The van der Waals surface area contributed by atoms with E-state index >= 15 is 0 Å². The topological polar surface area (TPSA) is 113 Å². The summed E-state index contributed by atoms with van der Waals surface area (Å²) in [6.07, 6.45) is 0.